The number of alkyl halides is 3. The van der Waals surface area contributed by atoms with Crippen LogP contribution >= 0.6 is 0 Å². The van der Waals surface area contributed by atoms with Gasteiger partial charge in [-0.2, -0.15) is 13.2 Å². The lowest BCUT2D eigenvalue weighted by molar-refractivity contribution is -0.139. The third-order valence-electron chi connectivity index (χ3n) is 2.84. The monoisotopic (exact) mass is 275 g/mol. The molecular formula is C12H12F3NO3. The molecule has 0 spiro atoms. The molecule has 7 heteroatoms. The third-order valence-corrected chi connectivity index (χ3v) is 2.84. The zero-order chi connectivity index (χ0) is 14.2. The maximum Gasteiger partial charge on any atom is 0.421 e. The minimum atomic E-state index is -4.62. The van der Waals surface area contributed by atoms with Gasteiger partial charge in [0, 0.05) is 0 Å². The van der Waals surface area contributed by atoms with Crippen molar-refractivity contribution in [3.05, 3.63) is 22.9 Å². The van der Waals surface area contributed by atoms with Gasteiger partial charge >= 0.3 is 12.1 Å². The number of carboxylic acid groups (broad SMARTS) is 1. The van der Waals surface area contributed by atoms with Gasteiger partial charge in [-0.3, -0.25) is 0 Å². The Morgan fingerprint density at radius 3 is 2.63 bits per heavy atom. The number of halogens is 3. The molecular weight excluding hydrogens is 263 g/mol. The Kier molecular flexibility index (Phi) is 3.38. The Bertz CT molecular complexity index is 510. The molecule has 0 atom stereocenters. The van der Waals surface area contributed by atoms with E-state index >= 15 is 0 Å². The Balaban J connectivity index is 2.38. The van der Waals surface area contributed by atoms with Crippen molar-refractivity contribution in [2.45, 2.75) is 25.9 Å². The van der Waals surface area contributed by atoms with E-state index in [0.717, 1.165) is 18.9 Å². The van der Waals surface area contributed by atoms with Crippen molar-refractivity contribution in [1.82, 2.24) is 4.98 Å². The first-order valence-electron chi connectivity index (χ1n) is 5.74. The first kappa shape index (κ1) is 13.6. The van der Waals surface area contributed by atoms with Crippen LogP contribution in [0.15, 0.2) is 6.07 Å². The molecule has 104 valence electrons. The Labute approximate surface area is 107 Å². The van der Waals surface area contributed by atoms with Gasteiger partial charge in [0.25, 0.3) is 0 Å². The lowest BCUT2D eigenvalue weighted by Gasteiger charge is -2.14. The van der Waals surface area contributed by atoms with Gasteiger partial charge in [0.15, 0.2) is 5.69 Å². The van der Waals surface area contributed by atoms with Gasteiger partial charge in [0.2, 0.25) is 5.88 Å². The number of pyridine rings is 1. The molecule has 1 aromatic heterocycles. The molecule has 0 aliphatic heterocycles. The molecule has 2 rings (SSSR count). The van der Waals surface area contributed by atoms with E-state index in [1.54, 1.807) is 0 Å². The largest absolute Gasteiger partial charge is 0.477 e. The van der Waals surface area contributed by atoms with Crippen molar-refractivity contribution in [3.63, 3.8) is 0 Å². The average molecular weight is 275 g/mol. The van der Waals surface area contributed by atoms with Gasteiger partial charge in [0.1, 0.15) is 5.56 Å². The summed E-state index contributed by atoms with van der Waals surface area (Å²) >= 11 is 0. The predicted octanol–water partition coefficient (Wildman–Crippen LogP) is 2.90. The van der Waals surface area contributed by atoms with Gasteiger partial charge in [-0.1, -0.05) is 0 Å². The van der Waals surface area contributed by atoms with Crippen molar-refractivity contribution < 1.29 is 27.8 Å². The highest BCUT2D eigenvalue weighted by atomic mass is 19.4. The van der Waals surface area contributed by atoms with Crippen molar-refractivity contribution in [2.24, 2.45) is 5.92 Å². The summed E-state index contributed by atoms with van der Waals surface area (Å²) in [5.74, 6) is -1.78. The smallest absolute Gasteiger partial charge is 0.421 e. The highest BCUT2D eigenvalue weighted by Gasteiger charge is 2.37. The zero-order valence-electron chi connectivity index (χ0n) is 10.1. The summed E-state index contributed by atoms with van der Waals surface area (Å²) < 4.78 is 43.5. The van der Waals surface area contributed by atoms with Crippen molar-refractivity contribution in [3.8, 4) is 5.88 Å². The quantitative estimate of drug-likeness (QED) is 0.917. The lowest BCUT2D eigenvalue weighted by Crippen LogP contribution is -2.15. The van der Waals surface area contributed by atoms with E-state index in [2.05, 4.69) is 4.98 Å². The normalized spacial score (nSPS) is 15.4. The van der Waals surface area contributed by atoms with E-state index < -0.39 is 29.3 Å². The number of aromatic nitrogens is 1. The molecule has 1 saturated carbocycles. The van der Waals surface area contributed by atoms with Crippen LogP contribution in [0.4, 0.5) is 13.2 Å². The van der Waals surface area contributed by atoms with Crippen LogP contribution < -0.4 is 4.74 Å². The fourth-order valence-electron chi connectivity index (χ4n) is 1.61. The fraction of sp³-hybridized carbons (Fsp3) is 0.500. The molecule has 0 amide bonds. The molecule has 1 N–H and O–H groups in total. The minimum Gasteiger partial charge on any atom is -0.477 e. The first-order valence-corrected chi connectivity index (χ1v) is 5.74. The summed E-state index contributed by atoms with van der Waals surface area (Å²) in [5.41, 5.74) is -1.49. The SMILES string of the molecule is Cc1cc(C(F)(F)F)c(OCC2CC2)nc1C(=O)O. The number of carbonyl (C=O) groups is 1. The number of hydrogen-bond acceptors (Lipinski definition) is 3. The van der Waals surface area contributed by atoms with Crippen LogP contribution in [0, 0.1) is 12.8 Å². The zero-order valence-corrected chi connectivity index (χ0v) is 10.1. The molecule has 0 saturated heterocycles. The fourth-order valence-corrected chi connectivity index (χ4v) is 1.61. The summed E-state index contributed by atoms with van der Waals surface area (Å²) in [4.78, 5) is 14.4. The number of ether oxygens (including phenoxy) is 1. The molecule has 0 aromatic carbocycles. The topological polar surface area (TPSA) is 59.4 Å². The summed E-state index contributed by atoms with van der Waals surface area (Å²) in [6, 6.07) is 0.763. The van der Waals surface area contributed by atoms with E-state index in [0.29, 0.717) is 0 Å². The Morgan fingerprint density at radius 2 is 2.16 bits per heavy atom. The van der Waals surface area contributed by atoms with E-state index in [4.69, 9.17) is 9.84 Å². The minimum absolute atomic E-state index is 0.0430. The summed E-state index contributed by atoms with van der Waals surface area (Å²) in [7, 11) is 0. The van der Waals surface area contributed by atoms with Gasteiger partial charge in [-0.15, -0.1) is 0 Å². The van der Waals surface area contributed by atoms with Crippen LogP contribution in [-0.4, -0.2) is 22.7 Å². The number of nitrogens with zero attached hydrogens (tertiary/aromatic N) is 1. The van der Waals surface area contributed by atoms with Gasteiger partial charge < -0.3 is 9.84 Å². The lowest BCUT2D eigenvalue weighted by atomic mass is 10.1. The molecule has 1 heterocycles. The summed E-state index contributed by atoms with van der Waals surface area (Å²) in [6.45, 7) is 1.41. The maximum absolute atomic E-state index is 12.8. The maximum atomic E-state index is 12.8. The van der Waals surface area contributed by atoms with Crippen LogP contribution in [0.1, 0.15) is 34.5 Å². The molecule has 1 aliphatic carbocycles. The molecule has 0 unspecified atom stereocenters. The van der Waals surface area contributed by atoms with E-state index in [9.17, 15) is 18.0 Å². The number of aryl methyl sites for hydroxylation is 1. The molecule has 1 aliphatic rings. The molecule has 1 aromatic rings. The molecule has 19 heavy (non-hydrogen) atoms. The second-order valence-electron chi connectivity index (χ2n) is 4.56. The molecule has 0 bridgehead atoms. The third kappa shape index (κ3) is 3.15. The van der Waals surface area contributed by atoms with Gasteiger partial charge in [-0.05, 0) is 37.3 Å². The molecule has 1 fully saturated rings. The van der Waals surface area contributed by atoms with Crippen LogP contribution in [0.25, 0.3) is 0 Å². The number of aromatic carboxylic acids is 1. The van der Waals surface area contributed by atoms with Crippen molar-refractivity contribution >= 4 is 5.97 Å². The van der Waals surface area contributed by atoms with E-state index in [-0.39, 0.29) is 18.1 Å². The van der Waals surface area contributed by atoms with E-state index in [1.165, 1.54) is 6.92 Å². The Hall–Kier alpha value is -1.79. The highest BCUT2D eigenvalue weighted by Crippen LogP contribution is 2.37. The molecule has 4 nitrogen and oxygen atoms in total. The summed E-state index contributed by atoms with van der Waals surface area (Å²) in [5, 5.41) is 8.87. The number of carboxylic acids is 1. The van der Waals surface area contributed by atoms with Crippen molar-refractivity contribution in [1.29, 1.82) is 0 Å². The van der Waals surface area contributed by atoms with Crippen LogP contribution in [0.3, 0.4) is 0 Å². The Morgan fingerprint density at radius 1 is 1.53 bits per heavy atom. The first-order chi connectivity index (χ1) is 8.79. The average Bonchev–Trinajstić information content (AvgIpc) is 3.09. The van der Waals surface area contributed by atoms with Crippen LogP contribution in [0.5, 0.6) is 5.88 Å². The van der Waals surface area contributed by atoms with Gasteiger partial charge in [0.05, 0.1) is 6.61 Å². The van der Waals surface area contributed by atoms with Gasteiger partial charge in [-0.25, -0.2) is 9.78 Å². The van der Waals surface area contributed by atoms with Crippen LogP contribution in [0.2, 0.25) is 0 Å². The summed E-state index contributed by atoms with van der Waals surface area (Å²) in [6.07, 6.45) is -2.79. The molecule has 0 radical (unpaired) electrons. The van der Waals surface area contributed by atoms with Crippen LogP contribution in [-0.2, 0) is 6.18 Å². The second-order valence-corrected chi connectivity index (χ2v) is 4.56. The highest BCUT2D eigenvalue weighted by molar-refractivity contribution is 5.87. The van der Waals surface area contributed by atoms with E-state index in [1.807, 2.05) is 0 Å². The van der Waals surface area contributed by atoms with Crippen molar-refractivity contribution in [2.75, 3.05) is 6.61 Å². The number of hydrogen-bond donors (Lipinski definition) is 1. The standard InChI is InChI=1S/C12H12F3NO3/c1-6-4-8(12(13,14)15)10(16-9(6)11(17)18)19-5-7-2-3-7/h4,7H,2-3,5H2,1H3,(H,17,18). The second kappa shape index (κ2) is 4.71. The predicted molar refractivity (Wildman–Crippen MR) is 59.2 cm³/mol. The number of rotatable bonds is 4.